The first kappa shape index (κ1) is 22.7. The maximum absolute atomic E-state index is 13.1. The van der Waals surface area contributed by atoms with Crippen molar-refractivity contribution in [3.05, 3.63) is 71.9 Å². The number of fused-ring (bicyclic) bond motifs is 1. The summed E-state index contributed by atoms with van der Waals surface area (Å²) in [6, 6.07) is 17.1. The number of para-hydroxylation sites is 1. The van der Waals surface area contributed by atoms with Gasteiger partial charge in [0.05, 0.1) is 10.9 Å². The Hall–Kier alpha value is -3.49. The van der Waals surface area contributed by atoms with E-state index < -0.39 is 16.9 Å². The molecule has 172 valence electrons. The first-order valence-electron chi connectivity index (χ1n) is 10.8. The predicted octanol–water partition coefficient (Wildman–Crippen LogP) is 2.73. The number of ether oxygens (including phenoxy) is 1. The molecule has 1 aliphatic rings. The first-order valence-corrected chi connectivity index (χ1v) is 10.8. The number of carbonyl (C=O) groups excluding carboxylic acids is 2. The van der Waals surface area contributed by atoms with Gasteiger partial charge in [-0.25, -0.2) is 5.48 Å². The number of hydroxylamine groups is 1. The molecule has 1 saturated heterocycles. The van der Waals surface area contributed by atoms with Gasteiger partial charge in [-0.15, -0.1) is 0 Å². The number of hydrogen-bond acceptors (Lipinski definition) is 6. The molecule has 2 amide bonds. The number of carbonyl (C=O) groups is 2. The lowest BCUT2D eigenvalue weighted by Crippen LogP contribution is -2.49. The van der Waals surface area contributed by atoms with Crippen LogP contribution in [0.3, 0.4) is 0 Å². The number of likely N-dealkylation sites (tertiary alicyclic amines) is 1. The molecule has 0 bridgehead atoms. The molecular weight excluding hydrogens is 420 g/mol. The molecule has 4 N–H and O–H groups in total. The molecule has 0 aliphatic carbocycles. The summed E-state index contributed by atoms with van der Waals surface area (Å²) in [5.74, 6) is -0.113. The molecule has 2 aromatic carbocycles. The van der Waals surface area contributed by atoms with Gasteiger partial charge in [0.1, 0.15) is 17.9 Å². The highest BCUT2D eigenvalue weighted by atomic mass is 16.5. The van der Waals surface area contributed by atoms with Crippen LogP contribution in [0, 0.1) is 5.41 Å². The molecule has 1 fully saturated rings. The quantitative estimate of drug-likeness (QED) is 0.378. The van der Waals surface area contributed by atoms with Crippen molar-refractivity contribution in [3.63, 3.8) is 0 Å². The Morgan fingerprint density at radius 2 is 1.94 bits per heavy atom. The van der Waals surface area contributed by atoms with Gasteiger partial charge in [-0.3, -0.25) is 19.8 Å². The van der Waals surface area contributed by atoms with Gasteiger partial charge in [-0.05, 0) is 50.1 Å². The van der Waals surface area contributed by atoms with Crippen LogP contribution in [-0.4, -0.2) is 40.0 Å². The molecule has 2 heterocycles. The van der Waals surface area contributed by atoms with E-state index in [0.29, 0.717) is 30.9 Å². The van der Waals surface area contributed by atoms with E-state index >= 15 is 0 Å². The molecule has 0 saturated carbocycles. The third-order valence-electron chi connectivity index (χ3n) is 6.25. The van der Waals surface area contributed by atoms with E-state index in [4.69, 9.17) is 15.7 Å². The van der Waals surface area contributed by atoms with E-state index in [2.05, 4.69) is 4.98 Å². The fourth-order valence-corrected chi connectivity index (χ4v) is 4.21. The number of nitrogens with two attached hydrogens (primary N) is 1. The van der Waals surface area contributed by atoms with Gasteiger partial charge in [0.2, 0.25) is 5.91 Å². The van der Waals surface area contributed by atoms with Crippen molar-refractivity contribution >= 4 is 22.7 Å². The minimum Gasteiger partial charge on any atom is -0.489 e. The fraction of sp³-hybridized carbons (Fsp3) is 0.320. The summed E-state index contributed by atoms with van der Waals surface area (Å²) in [7, 11) is 0. The van der Waals surface area contributed by atoms with Crippen LogP contribution in [0.15, 0.2) is 60.8 Å². The van der Waals surface area contributed by atoms with E-state index in [1.54, 1.807) is 30.4 Å². The van der Waals surface area contributed by atoms with Crippen molar-refractivity contribution < 1.29 is 19.5 Å². The molecule has 0 spiro atoms. The topological polar surface area (TPSA) is 118 Å². The number of amides is 2. The summed E-state index contributed by atoms with van der Waals surface area (Å²) in [5.41, 5.74) is 8.74. The minimum absolute atomic E-state index is 0.165. The lowest BCUT2D eigenvalue weighted by Gasteiger charge is -2.30. The fourth-order valence-electron chi connectivity index (χ4n) is 4.21. The number of nitrogens with one attached hydrogen (secondary N) is 1. The van der Waals surface area contributed by atoms with Crippen LogP contribution in [0.4, 0.5) is 0 Å². The van der Waals surface area contributed by atoms with Crippen LogP contribution in [0.1, 0.15) is 31.4 Å². The van der Waals surface area contributed by atoms with Crippen molar-refractivity contribution in [2.24, 2.45) is 11.1 Å². The lowest BCUT2D eigenvalue weighted by molar-refractivity contribution is -0.141. The van der Waals surface area contributed by atoms with Crippen molar-refractivity contribution in [3.8, 4) is 5.75 Å². The highest BCUT2D eigenvalue weighted by Gasteiger charge is 2.47. The average molecular weight is 449 g/mol. The van der Waals surface area contributed by atoms with Crippen molar-refractivity contribution in [1.29, 1.82) is 0 Å². The van der Waals surface area contributed by atoms with Gasteiger partial charge >= 0.3 is 0 Å². The summed E-state index contributed by atoms with van der Waals surface area (Å²) < 4.78 is 5.97. The Morgan fingerprint density at radius 3 is 2.67 bits per heavy atom. The van der Waals surface area contributed by atoms with Gasteiger partial charge < -0.3 is 15.4 Å². The van der Waals surface area contributed by atoms with E-state index in [-0.39, 0.29) is 12.5 Å². The zero-order valence-corrected chi connectivity index (χ0v) is 18.7. The lowest BCUT2D eigenvalue weighted by atomic mass is 9.89. The number of hydrogen-bond donors (Lipinski definition) is 3. The minimum atomic E-state index is -1.16. The Balaban J connectivity index is 1.44. The summed E-state index contributed by atoms with van der Waals surface area (Å²) >= 11 is 0. The van der Waals surface area contributed by atoms with Crippen molar-refractivity contribution in [1.82, 2.24) is 15.4 Å². The maximum Gasteiger partial charge on any atom is 0.250 e. The third-order valence-corrected chi connectivity index (χ3v) is 6.25. The summed E-state index contributed by atoms with van der Waals surface area (Å²) in [6.45, 7) is 4.33. The van der Waals surface area contributed by atoms with E-state index in [0.717, 1.165) is 16.5 Å². The van der Waals surface area contributed by atoms with Crippen LogP contribution in [0.5, 0.6) is 5.75 Å². The van der Waals surface area contributed by atoms with Gasteiger partial charge in [-0.2, -0.15) is 0 Å². The molecule has 0 radical (unpaired) electrons. The Morgan fingerprint density at radius 1 is 1.21 bits per heavy atom. The van der Waals surface area contributed by atoms with Gasteiger partial charge in [0.15, 0.2) is 0 Å². The summed E-state index contributed by atoms with van der Waals surface area (Å²) in [5, 5.41) is 9.99. The second kappa shape index (κ2) is 8.80. The molecule has 33 heavy (non-hydrogen) atoms. The van der Waals surface area contributed by atoms with Gasteiger partial charge in [0, 0.05) is 30.2 Å². The molecule has 1 unspecified atom stereocenters. The smallest absolute Gasteiger partial charge is 0.250 e. The number of aromatic nitrogens is 1. The molecule has 1 aliphatic heterocycles. The Labute approximate surface area is 192 Å². The van der Waals surface area contributed by atoms with E-state index in [9.17, 15) is 9.59 Å². The molecule has 1 atom stereocenters. The molecule has 8 nitrogen and oxygen atoms in total. The largest absolute Gasteiger partial charge is 0.489 e. The molecule has 4 rings (SSSR count). The van der Waals surface area contributed by atoms with Crippen LogP contribution in [0.25, 0.3) is 10.9 Å². The average Bonchev–Trinajstić information content (AvgIpc) is 3.11. The SMILES string of the molecule is CC(C)(CN1CCC(N)(c2ccc(OCc3ccnc4ccccc34)cc2)C1=O)C(=O)NO. The van der Waals surface area contributed by atoms with Crippen LogP contribution in [0.2, 0.25) is 0 Å². The number of pyridine rings is 1. The molecule has 1 aromatic heterocycles. The second-order valence-electron chi connectivity index (χ2n) is 9.07. The summed E-state index contributed by atoms with van der Waals surface area (Å²) in [4.78, 5) is 30.9. The molecule has 3 aromatic rings. The normalized spacial score (nSPS) is 18.5. The molecular formula is C25H28N4O4. The first-order chi connectivity index (χ1) is 15.7. The standard InChI is InChI=1S/C25H28N4O4/c1-24(2,22(30)28-32)16-29-14-12-25(26,23(29)31)18-7-9-19(10-8-18)33-15-17-11-13-27-21-6-4-3-5-20(17)21/h3-11,13,32H,12,14-16,26H2,1-2H3,(H,28,30). The van der Waals surface area contributed by atoms with E-state index in [1.807, 2.05) is 54.6 Å². The van der Waals surface area contributed by atoms with E-state index in [1.165, 1.54) is 0 Å². The van der Waals surface area contributed by atoms with Gasteiger partial charge in [-0.1, -0.05) is 30.3 Å². The highest BCUT2D eigenvalue weighted by Crippen LogP contribution is 2.34. The predicted molar refractivity (Wildman–Crippen MR) is 123 cm³/mol. The van der Waals surface area contributed by atoms with Gasteiger partial charge in [0.25, 0.3) is 5.91 Å². The number of rotatable bonds is 7. The maximum atomic E-state index is 13.1. The van der Waals surface area contributed by atoms with Crippen molar-refractivity contribution in [2.75, 3.05) is 13.1 Å². The van der Waals surface area contributed by atoms with Crippen LogP contribution >= 0.6 is 0 Å². The monoisotopic (exact) mass is 448 g/mol. The number of benzene rings is 2. The third kappa shape index (κ3) is 4.40. The van der Waals surface area contributed by atoms with Crippen LogP contribution < -0.4 is 16.0 Å². The Kier molecular flexibility index (Phi) is 6.05. The highest BCUT2D eigenvalue weighted by molar-refractivity contribution is 5.90. The van der Waals surface area contributed by atoms with Crippen LogP contribution in [-0.2, 0) is 21.7 Å². The zero-order chi connectivity index (χ0) is 23.6. The Bertz CT molecular complexity index is 1170. The van der Waals surface area contributed by atoms with Crippen molar-refractivity contribution in [2.45, 2.75) is 32.4 Å². The number of nitrogens with zero attached hydrogens (tertiary/aromatic N) is 2. The summed E-state index contributed by atoms with van der Waals surface area (Å²) in [6.07, 6.45) is 2.21. The zero-order valence-electron chi connectivity index (χ0n) is 18.7. The second-order valence-corrected chi connectivity index (χ2v) is 9.07. The molecule has 8 heteroatoms.